The van der Waals surface area contributed by atoms with Crippen LogP contribution in [0.3, 0.4) is 0 Å². The second-order valence-corrected chi connectivity index (χ2v) is 27.1. The van der Waals surface area contributed by atoms with Crippen LogP contribution in [0, 0.1) is 67.8 Å². The van der Waals surface area contributed by atoms with Crippen molar-refractivity contribution < 1.29 is 38.1 Å². The second kappa shape index (κ2) is 24.8. The first-order chi connectivity index (χ1) is 31.6. The fourth-order valence-electron chi connectivity index (χ4n) is 12.1. The zero-order valence-electron chi connectivity index (χ0n) is 39.3. The molecule has 2 aromatic rings. The molecule has 4 N–H and O–H groups in total. The lowest BCUT2D eigenvalue weighted by atomic mass is 9.47. The molecule has 0 spiro atoms. The van der Waals surface area contributed by atoms with E-state index < -0.39 is 36.8 Å². The molecular weight excluding hydrogens is 1530 g/mol. The first-order valence-corrected chi connectivity index (χ1v) is 30.4. The summed E-state index contributed by atoms with van der Waals surface area (Å²) in [6, 6.07) is 3.92. The SMILES string of the molecule is CC(C)CCC[C@@H](C)[C@H]1CC[C@H]2[C@@H]3CC=C4C[C@@H](OC(=O)CCC(=O)OCC(OC(=O)CCc5c(I)cc(I)c(N)c5I)OC(=O)CCc5c(I)cc(I)c(N)c5I)CC[C@]4(C)[C@H]3CC[C@]12C. The van der Waals surface area contributed by atoms with Crippen LogP contribution in [0.15, 0.2) is 23.8 Å². The molecule has 10 nitrogen and oxygen atoms in total. The van der Waals surface area contributed by atoms with Crippen LogP contribution in [0.5, 0.6) is 0 Å². The minimum atomic E-state index is -1.48. The molecule has 0 heterocycles. The van der Waals surface area contributed by atoms with Gasteiger partial charge in [-0.1, -0.05) is 65.5 Å². The molecule has 0 bridgehead atoms. The van der Waals surface area contributed by atoms with Gasteiger partial charge in [0.2, 0.25) is 0 Å². The molecule has 0 unspecified atom stereocenters. The lowest BCUT2D eigenvalue weighted by Crippen LogP contribution is -2.51. The van der Waals surface area contributed by atoms with Crippen molar-refractivity contribution in [3.8, 4) is 0 Å². The summed E-state index contributed by atoms with van der Waals surface area (Å²) in [7, 11) is 0. The minimum Gasteiger partial charge on any atom is -0.462 e. The van der Waals surface area contributed by atoms with Crippen LogP contribution in [0.1, 0.15) is 142 Å². The number of halogens is 6. The quantitative estimate of drug-likeness (QED) is 0.0346. The van der Waals surface area contributed by atoms with Crippen LogP contribution in [0.2, 0.25) is 0 Å². The summed E-state index contributed by atoms with van der Waals surface area (Å²) in [5.74, 6) is 2.20. The Labute approximate surface area is 479 Å². The topological polar surface area (TPSA) is 157 Å². The Morgan fingerprint density at radius 3 is 1.87 bits per heavy atom. The maximum absolute atomic E-state index is 13.2. The van der Waals surface area contributed by atoms with Crippen molar-refractivity contribution in [3.05, 3.63) is 56.3 Å². The van der Waals surface area contributed by atoms with Gasteiger partial charge < -0.3 is 30.4 Å². The number of fused-ring (bicyclic) bond motifs is 5. The van der Waals surface area contributed by atoms with Crippen LogP contribution in [-0.2, 0) is 51.0 Å². The average Bonchev–Trinajstić information content (AvgIpc) is 3.63. The number of nitrogens with two attached hydrogens (primary N) is 2. The number of nitrogen functional groups attached to an aromatic ring is 2. The summed E-state index contributed by atoms with van der Waals surface area (Å²) in [5.41, 5.74) is 17.7. The average molecular weight is 1600 g/mol. The third kappa shape index (κ3) is 13.8. The number of ether oxygens (including phenoxy) is 4. The Bertz CT molecular complexity index is 2120. The van der Waals surface area contributed by atoms with Gasteiger partial charge in [0.1, 0.15) is 6.10 Å². The highest BCUT2D eigenvalue weighted by Gasteiger charge is 2.59. The summed E-state index contributed by atoms with van der Waals surface area (Å²) in [5, 5.41) is 0. The molecule has 3 saturated carbocycles. The number of esters is 4. The van der Waals surface area contributed by atoms with Gasteiger partial charge in [-0.25, -0.2) is 0 Å². The molecule has 4 aliphatic carbocycles. The number of hydrogen-bond acceptors (Lipinski definition) is 10. The molecule has 370 valence electrons. The number of carbonyl (C=O) groups is 4. The van der Waals surface area contributed by atoms with Gasteiger partial charge in [-0.05, 0) is 263 Å². The summed E-state index contributed by atoms with van der Waals surface area (Å²) < 4.78 is 28.2. The molecule has 8 atom stereocenters. The lowest BCUT2D eigenvalue weighted by molar-refractivity contribution is -0.199. The standard InChI is InChI=1S/C51H66I6N2O8/c1-27(2)7-6-8-28(3)34-13-14-35-31-10-9-29-23-30(19-21-50(29,4)36(31)20-22-51(34,35)5)65-42(61)18-17-41(60)64-26-45(66-43(62)15-11-32-37(52)24-39(54)48(58)46(32)56)67-44(63)16-12-33-38(53)25-40(55)49(59)47(33)57/h9,24-25,27-28,30-31,34-36,45H,6-8,10-23,26,58-59H2,1-5H3/t28-,30+,31+,34-,35+,36+,50+,51-/m1/s1. The molecule has 2 aromatic carbocycles. The van der Waals surface area contributed by atoms with Crippen molar-refractivity contribution >= 4 is 171 Å². The molecule has 0 radical (unpaired) electrons. The van der Waals surface area contributed by atoms with E-state index >= 15 is 0 Å². The normalized spacial score (nSPS) is 26.0. The van der Waals surface area contributed by atoms with Crippen molar-refractivity contribution in [3.63, 3.8) is 0 Å². The Morgan fingerprint density at radius 2 is 1.28 bits per heavy atom. The van der Waals surface area contributed by atoms with E-state index in [2.05, 4.69) is 176 Å². The van der Waals surface area contributed by atoms with Crippen LogP contribution < -0.4 is 11.5 Å². The van der Waals surface area contributed by atoms with Gasteiger partial charge in [0.25, 0.3) is 6.29 Å². The number of benzene rings is 2. The highest BCUT2D eigenvalue weighted by atomic mass is 127. The Morgan fingerprint density at radius 1 is 0.701 bits per heavy atom. The number of carbonyl (C=O) groups excluding carboxylic acids is 4. The van der Waals surface area contributed by atoms with Gasteiger partial charge >= 0.3 is 23.9 Å². The number of allylic oxidation sites excluding steroid dienone is 1. The van der Waals surface area contributed by atoms with E-state index in [0.717, 1.165) is 87.8 Å². The van der Waals surface area contributed by atoms with E-state index in [1.54, 1.807) is 0 Å². The molecule has 0 aliphatic heterocycles. The predicted molar refractivity (Wildman–Crippen MR) is 314 cm³/mol. The molecule has 0 saturated heterocycles. The van der Waals surface area contributed by atoms with Crippen LogP contribution >= 0.6 is 136 Å². The zero-order valence-corrected chi connectivity index (χ0v) is 52.2. The van der Waals surface area contributed by atoms with E-state index in [1.165, 1.54) is 50.5 Å². The molecule has 67 heavy (non-hydrogen) atoms. The minimum absolute atomic E-state index is 0.0187. The predicted octanol–water partition coefficient (Wildman–Crippen LogP) is 13.7. The third-order valence-electron chi connectivity index (χ3n) is 15.8. The van der Waals surface area contributed by atoms with Gasteiger partial charge in [-0.15, -0.1) is 0 Å². The molecule has 3 fully saturated rings. The summed E-state index contributed by atoms with van der Waals surface area (Å²) >= 11 is 13.2. The highest BCUT2D eigenvalue weighted by Crippen LogP contribution is 2.67. The smallest absolute Gasteiger partial charge is 0.309 e. The second-order valence-electron chi connectivity index (χ2n) is 20.3. The van der Waals surface area contributed by atoms with Crippen LogP contribution in [0.25, 0.3) is 0 Å². The van der Waals surface area contributed by atoms with Gasteiger partial charge in [-0.2, -0.15) is 0 Å². The molecule has 0 amide bonds. The monoisotopic (exact) mass is 1600 g/mol. The van der Waals surface area contributed by atoms with E-state index in [0.29, 0.717) is 35.5 Å². The Hall–Kier alpha value is 0.0400. The van der Waals surface area contributed by atoms with Crippen LogP contribution in [0.4, 0.5) is 11.4 Å². The van der Waals surface area contributed by atoms with Gasteiger partial charge in [0.05, 0.1) is 24.2 Å². The summed E-state index contributed by atoms with van der Waals surface area (Å²) in [6.45, 7) is 11.8. The number of hydrogen-bond donors (Lipinski definition) is 2. The first-order valence-electron chi connectivity index (χ1n) is 23.9. The largest absolute Gasteiger partial charge is 0.462 e. The van der Waals surface area contributed by atoms with Crippen molar-refractivity contribution in [2.45, 2.75) is 156 Å². The first kappa shape index (κ1) is 56.3. The summed E-state index contributed by atoms with van der Waals surface area (Å²) in [4.78, 5) is 52.7. The van der Waals surface area contributed by atoms with E-state index in [9.17, 15) is 19.2 Å². The van der Waals surface area contributed by atoms with Crippen molar-refractivity contribution in [2.24, 2.45) is 46.3 Å². The summed E-state index contributed by atoms with van der Waals surface area (Å²) in [6.07, 6.45) is 14.2. The number of anilines is 2. The Balaban J connectivity index is 0.999. The maximum Gasteiger partial charge on any atom is 0.309 e. The molecule has 4 aliphatic rings. The fraction of sp³-hybridized carbons (Fsp3) is 0.647. The van der Waals surface area contributed by atoms with Crippen molar-refractivity contribution in [1.29, 1.82) is 0 Å². The molecule has 16 heteroatoms. The molecule has 6 rings (SSSR count). The molecular formula is C51H66I6N2O8. The van der Waals surface area contributed by atoms with Gasteiger partial charge in [0.15, 0.2) is 6.61 Å². The maximum atomic E-state index is 13.2. The number of rotatable bonds is 19. The van der Waals surface area contributed by atoms with Gasteiger partial charge in [-0.3, -0.25) is 19.2 Å². The van der Waals surface area contributed by atoms with E-state index in [-0.39, 0.29) is 37.2 Å². The third-order valence-corrected chi connectivity index (χ3v) is 21.9. The van der Waals surface area contributed by atoms with E-state index in [1.807, 2.05) is 12.1 Å². The highest BCUT2D eigenvalue weighted by molar-refractivity contribution is 14.1. The van der Waals surface area contributed by atoms with Crippen LogP contribution in [-0.4, -0.2) is 42.9 Å². The van der Waals surface area contributed by atoms with Crippen molar-refractivity contribution in [1.82, 2.24) is 0 Å². The lowest BCUT2D eigenvalue weighted by Gasteiger charge is -2.58. The molecule has 0 aromatic heterocycles. The van der Waals surface area contributed by atoms with E-state index in [4.69, 9.17) is 30.4 Å². The van der Waals surface area contributed by atoms with Gasteiger partial charge in [0, 0.05) is 40.7 Å². The fourth-order valence-corrected chi connectivity index (χ4v) is 20.0. The van der Waals surface area contributed by atoms with Crippen molar-refractivity contribution in [2.75, 3.05) is 18.1 Å². The Kier molecular flexibility index (Phi) is 20.9. The zero-order chi connectivity index (χ0) is 49.0.